The van der Waals surface area contributed by atoms with Crippen LogP contribution in [0.5, 0.6) is 0 Å². The lowest BCUT2D eigenvalue weighted by Crippen LogP contribution is -2.27. The van der Waals surface area contributed by atoms with Gasteiger partial charge in [0.05, 0.1) is 17.6 Å². The quantitative estimate of drug-likeness (QED) is 0.712. The molecule has 0 radical (unpaired) electrons. The molecule has 1 aliphatic carbocycles. The molecule has 0 aromatic heterocycles. The summed E-state index contributed by atoms with van der Waals surface area (Å²) in [6.07, 6.45) is 1.75. The molecular formula is C14H21NO4S. The summed E-state index contributed by atoms with van der Waals surface area (Å²) >= 11 is 0. The Balaban J connectivity index is 1.86. The van der Waals surface area contributed by atoms with Crippen LogP contribution in [-0.4, -0.2) is 33.3 Å². The standard InChI is InChI=1S/C14H21NO4S/c1-11(16)13-3-2-4-14(9-13)20(17,18)15-7-8-19-10-12-5-6-12/h2-4,9,11-12,15-16H,5-8,10H2,1H3. The number of aliphatic hydroxyl groups is 1. The molecule has 6 heteroatoms. The Kier molecular flexibility index (Phi) is 5.15. The molecule has 0 spiro atoms. The summed E-state index contributed by atoms with van der Waals surface area (Å²) in [6, 6.07) is 6.32. The van der Waals surface area contributed by atoms with Crippen LogP contribution in [0.25, 0.3) is 0 Å². The topological polar surface area (TPSA) is 75.6 Å². The highest BCUT2D eigenvalue weighted by Crippen LogP contribution is 2.28. The number of ether oxygens (including phenoxy) is 1. The molecule has 2 N–H and O–H groups in total. The molecule has 0 aliphatic heterocycles. The average molecular weight is 299 g/mol. The molecule has 5 nitrogen and oxygen atoms in total. The van der Waals surface area contributed by atoms with Crippen molar-refractivity contribution in [3.8, 4) is 0 Å². The second kappa shape index (κ2) is 6.67. The van der Waals surface area contributed by atoms with Crippen LogP contribution in [0.2, 0.25) is 0 Å². The molecule has 1 aromatic rings. The van der Waals surface area contributed by atoms with Gasteiger partial charge in [-0.25, -0.2) is 13.1 Å². The molecule has 1 saturated carbocycles. The molecule has 2 rings (SSSR count). The number of hydrogen-bond donors (Lipinski definition) is 2. The van der Waals surface area contributed by atoms with Crippen molar-refractivity contribution in [1.82, 2.24) is 4.72 Å². The average Bonchev–Trinajstić information content (AvgIpc) is 3.22. The normalized spacial score (nSPS) is 17.1. The van der Waals surface area contributed by atoms with Crippen molar-refractivity contribution < 1.29 is 18.3 Å². The third kappa shape index (κ3) is 4.56. The van der Waals surface area contributed by atoms with Crippen LogP contribution in [0.3, 0.4) is 0 Å². The van der Waals surface area contributed by atoms with Gasteiger partial charge in [0.25, 0.3) is 0 Å². The monoisotopic (exact) mass is 299 g/mol. The first-order valence-corrected chi connectivity index (χ1v) is 8.33. The summed E-state index contributed by atoms with van der Waals surface area (Å²) in [4.78, 5) is 0.165. The Hall–Kier alpha value is -0.950. The Morgan fingerprint density at radius 2 is 2.20 bits per heavy atom. The summed E-state index contributed by atoms with van der Waals surface area (Å²) < 4.78 is 32.0. The van der Waals surface area contributed by atoms with E-state index in [-0.39, 0.29) is 11.4 Å². The van der Waals surface area contributed by atoms with Crippen LogP contribution < -0.4 is 4.72 Å². The highest BCUT2D eigenvalue weighted by Gasteiger charge is 2.21. The maximum absolute atomic E-state index is 12.1. The van der Waals surface area contributed by atoms with Gasteiger partial charge in [-0.05, 0) is 43.4 Å². The van der Waals surface area contributed by atoms with Gasteiger partial charge in [0.15, 0.2) is 0 Å². The maximum Gasteiger partial charge on any atom is 0.240 e. The molecule has 1 aromatic carbocycles. The van der Waals surface area contributed by atoms with Gasteiger partial charge < -0.3 is 9.84 Å². The molecule has 1 unspecified atom stereocenters. The van der Waals surface area contributed by atoms with Crippen LogP contribution in [0.1, 0.15) is 31.4 Å². The van der Waals surface area contributed by atoms with Crippen molar-refractivity contribution in [2.45, 2.75) is 30.8 Å². The van der Waals surface area contributed by atoms with Crippen molar-refractivity contribution in [2.75, 3.05) is 19.8 Å². The van der Waals surface area contributed by atoms with E-state index < -0.39 is 16.1 Å². The number of hydrogen-bond acceptors (Lipinski definition) is 4. The van der Waals surface area contributed by atoms with Gasteiger partial charge in [-0.3, -0.25) is 0 Å². The third-order valence-electron chi connectivity index (χ3n) is 3.24. The van der Waals surface area contributed by atoms with Crippen LogP contribution in [0.15, 0.2) is 29.2 Å². The molecule has 0 amide bonds. The first kappa shape index (κ1) is 15.4. The van der Waals surface area contributed by atoms with Gasteiger partial charge in [-0.1, -0.05) is 12.1 Å². The Morgan fingerprint density at radius 3 is 2.85 bits per heavy atom. The van der Waals surface area contributed by atoms with Crippen molar-refractivity contribution in [1.29, 1.82) is 0 Å². The summed E-state index contributed by atoms with van der Waals surface area (Å²) in [5, 5.41) is 9.48. The van der Waals surface area contributed by atoms with Crippen molar-refractivity contribution in [2.24, 2.45) is 5.92 Å². The predicted molar refractivity (Wildman–Crippen MR) is 75.8 cm³/mol. The van der Waals surface area contributed by atoms with E-state index in [2.05, 4.69) is 4.72 Å². The van der Waals surface area contributed by atoms with Gasteiger partial charge in [-0.15, -0.1) is 0 Å². The first-order valence-electron chi connectivity index (χ1n) is 6.84. The fraction of sp³-hybridized carbons (Fsp3) is 0.571. The molecule has 1 aliphatic rings. The molecule has 0 saturated heterocycles. The van der Waals surface area contributed by atoms with E-state index in [0.717, 1.165) is 6.61 Å². The minimum Gasteiger partial charge on any atom is -0.389 e. The summed E-state index contributed by atoms with van der Waals surface area (Å²) in [5.74, 6) is 0.675. The fourth-order valence-corrected chi connectivity index (χ4v) is 2.88. The lowest BCUT2D eigenvalue weighted by atomic mass is 10.1. The smallest absolute Gasteiger partial charge is 0.240 e. The SMILES string of the molecule is CC(O)c1cccc(S(=O)(=O)NCCOCC2CC2)c1. The van der Waals surface area contributed by atoms with E-state index in [0.29, 0.717) is 18.1 Å². The second-order valence-electron chi connectivity index (χ2n) is 5.16. The summed E-state index contributed by atoms with van der Waals surface area (Å²) in [5.41, 5.74) is 0.581. The highest BCUT2D eigenvalue weighted by molar-refractivity contribution is 7.89. The van der Waals surface area contributed by atoms with Crippen LogP contribution >= 0.6 is 0 Å². The van der Waals surface area contributed by atoms with Crippen molar-refractivity contribution in [3.63, 3.8) is 0 Å². The van der Waals surface area contributed by atoms with Gasteiger partial charge in [0.1, 0.15) is 0 Å². The number of rotatable bonds is 8. The predicted octanol–water partition coefficient (Wildman–Crippen LogP) is 1.44. The lowest BCUT2D eigenvalue weighted by molar-refractivity contribution is 0.129. The number of sulfonamides is 1. The highest BCUT2D eigenvalue weighted by atomic mass is 32.2. The van der Waals surface area contributed by atoms with Crippen LogP contribution in [0, 0.1) is 5.92 Å². The van der Waals surface area contributed by atoms with Gasteiger partial charge in [0, 0.05) is 13.2 Å². The second-order valence-corrected chi connectivity index (χ2v) is 6.93. The zero-order valence-corrected chi connectivity index (χ0v) is 12.4. The van der Waals surface area contributed by atoms with E-state index in [1.54, 1.807) is 19.1 Å². The minimum absolute atomic E-state index is 0.165. The maximum atomic E-state index is 12.1. The largest absolute Gasteiger partial charge is 0.389 e. The Labute approximate surface area is 120 Å². The fourth-order valence-electron chi connectivity index (χ4n) is 1.81. The summed E-state index contributed by atoms with van der Waals surface area (Å²) in [6.45, 7) is 2.96. The van der Waals surface area contributed by atoms with Gasteiger partial charge in [-0.2, -0.15) is 0 Å². The van der Waals surface area contributed by atoms with E-state index in [4.69, 9.17) is 4.74 Å². The number of nitrogens with one attached hydrogen (secondary N) is 1. The van der Waals surface area contributed by atoms with E-state index in [1.165, 1.54) is 25.0 Å². The van der Waals surface area contributed by atoms with E-state index in [9.17, 15) is 13.5 Å². The van der Waals surface area contributed by atoms with E-state index in [1.807, 2.05) is 0 Å². The molecule has 1 fully saturated rings. The molecule has 0 heterocycles. The first-order chi connectivity index (χ1) is 9.49. The van der Waals surface area contributed by atoms with Crippen molar-refractivity contribution in [3.05, 3.63) is 29.8 Å². The van der Waals surface area contributed by atoms with Crippen LogP contribution in [0.4, 0.5) is 0 Å². The molecule has 112 valence electrons. The summed E-state index contributed by atoms with van der Waals surface area (Å²) in [7, 11) is -3.54. The van der Waals surface area contributed by atoms with Crippen LogP contribution in [-0.2, 0) is 14.8 Å². The zero-order valence-electron chi connectivity index (χ0n) is 11.6. The molecular weight excluding hydrogens is 278 g/mol. The minimum atomic E-state index is -3.54. The zero-order chi connectivity index (χ0) is 14.6. The Bertz CT molecular complexity index is 538. The lowest BCUT2D eigenvalue weighted by Gasteiger charge is -2.10. The Morgan fingerprint density at radius 1 is 1.45 bits per heavy atom. The van der Waals surface area contributed by atoms with E-state index >= 15 is 0 Å². The molecule has 20 heavy (non-hydrogen) atoms. The third-order valence-corrected chi connectivity index (χ3v) is 4.70. The van der Waals surface area contributed by atoms with Crippen molar-refractivity contribution >= 4 is 10.0 Å². The van der Waals surface area contributed by atoms with Gasteiger partial charge >= 0.3 is 0 Å². The molecule has 1 atom stereocenters. The van der Waals surface area contributed by atoms with Gasteiger partial charge in [0.2, 0.25) is 10.0 Å². The molecule has 0 bridgehead atoms. The number of benzene rings is 1. The number of aliphatic hydroxyl groups excluding tert-OH is 1.